The Morgan fingerprint density at radius 3 is 0.725 bits per heavy atom. The van der Waals surface area contributed by atoms with Gasteiger partial charge in [0.1, 0.15) is 0 Å². The Kier molecular flexibility index (Phi) is 54.2. The number of fused-ring (bicyclic) bond motifs is 15. The van der Waals surface area contributed by atoms with Gasteiger partial charge in [0.2, 0.25) is 50.1 Å². The minimum absolute atomic E-state index is 0.155. The smallest absolute Gasteiger partial charge is 0.332 e. The zero-order valence-electron chi connectivity index (χ0n) is 61.4. The Morgan fingerprint density at radius 1 is 0.394 bits per heavy atom. The van der Waals surface area contributed by atoms with Crippen LogP contribution in [0.3, 0.4) is 0 Å². The highest BCUT2D eigenvalue weighted by Crippen LogP contribution is 2.23. The highest BCUT2D eigenvalue weighted by Gasteiger charge is 2.13. The number of benzene rings is 6. The van der Waals surface area contributed by atoms with Gasteiger partial charge < -0.3 is 20.1 Å². The number of imidazole rings is 3. The number of carboxylic acid groups (broad SMARTS) is 1. The third-order valence-corrected chi connectivity index (χ3v) is 10.4. The fraction of sp³-hybridized carbons (Fsp3) is 0.271. The van der Waals surface area contributed by atoms with Gasteiger partial charge in [-0.3, -0.25) is 9.35 Å². The maximum Gasteiger partial charge on any atom is 0.332 e. The molecule has 0 bridgehead atoms. The standard InChI is InChI=1S/3C14H9N3O.C2H4O2.3C2H6.6CH5NO2S.3CH4O3S/c3*18-14-16-10-6-2-1-5-9(10)13-15-11-7-3-4-8-12(11)17(13)14;1-2(3)4;3*1-2;5*1-5(2,3)4;1-5-4-3-2;1-5(2,3)4;2*1-5-4-3-2/h3*1-8H,(H,16,18);1H3,(H,3,4);3*1-2H3;5*1H3,(H2,2,3,4);2H2,1H3;1H3,(H,2,3,4);2*2H,1H3. The maximum absolute atomic E-state index is 12.1. The number of aromatic amines is 3. The average Bonchev–Trinajstić information content (AvgIpc) is 1.64. The van der Waals surface area contributed by atoms with Gasteiger partial charge >= 0.3 is 17.1 Å². The fourth-order valence-corrected chi connectivity index (χ4v) is 7.41. The molecule has 6 aromatic carbocycles. The van der Waals surface area contributed by atoms with Crippen LogP contribution in [0.25, 0.3) is 82.8 Å². The van der Waals surface area contributed by atoms with Crippen molar-refractivity contribution in [2.75, 3.05) is 56.3 Å². The number of nitrogens with one attached hydrogen (secondary N) is 3. The molecule has 41 nitrogen and oxygen atoms in total. The molecule has 0 spiro atoms. The number of carboxylic acids is 1. The number of nitrogens with zero attached hydrogens (tertiary/aromatic N) is 6. The molecule has 0 atom stereocenters. The van der Waals surface area contributed by atoms with E-state index in [1.54, 1.807) is 32.0 Å². The van der Waals surface area contributed by atoms with Crippen molar-refractivity contribution in [2.45, 2.75) is 48.5 Å². The van der Waals surface area contributed by atoms with Gasteiger partial charge in [0.15, 0.2) is 16.9 Å². The molecule has 6 aromatic heterocycles. The molecular weight excluding hydrogens is 1620 g/mol. The molecule has 0 saturated carbocycles. The SMILES string of the molecule is CC.CC.CC.CC(=O)O.CS(=O)(=O)O.CS(N)(=O)=O.CS(N)(=O)=O.CS(N)(=O)=O.CS(N)(=O)=O.CS(N)(=O)=O.CSOON.CSOOO.CSOOO.O=c1[nH]c2ccccc2c2nc3ccccc3n12.O=c1[nH]c2ccccc2c2nc3ccccc3n12.O=c1[nH]c2ccccc2c2nc3ccccc3n12. The van der Waals surface area contributed by atoms with E-state index < -0.39 is 66.2 Å². The molecular formula is C59H91N15O26S9. The number of rotatable bonds is 6. The summed E-state index contributed by atoms with van der Waals surface area (Å²) in [6, 6.07) is 46.0. The van der Waals surface area contributed by atoms with Gasteiger partial charge in [-0.1, -0.05) is 124 Å². The molecule has 109 heavy (non-hydrogen) atoms. The molecule has 0 amide bonds. The fourth-order valence-electron chi connectivity index (χ4n) is 7.21. The van der Waals surface area contributed by atoms with Crippen LogP contribution in [0.5, 0.6) is 0 Å². The lowest BCUT2D eigenvalue weighted by Crippen LogP contribution is -2.15. The van der Waals surface area contributed by atoms with Crippen molar-refractivity contribution in [3.8, 4) is 0 Å². The van der Waals surface area contributed by atoms with Gasteiger partial charge in [-0.05, 0) is 72.8 Å². The molecule has 0 aliphatic carbocycles. The van der Waals surface area contributed by atoms with Crippen molar-refractivity contribution < 1.29 is 104 Å². The number of aliphatic carboxylic acids is 1. The van der Waals surface area contributed by atoms with Crippen LogP contribution in [-0.4, -0.2) is 176 Å². The number of hydrogen-bond donors (Lipinski definition) is 13. The summed E-state index contributed by atoms with van der Waals surface area (Å²) >= 11 is 2.91. The van der Waals surface area contributed by atoms with Crippen molar-refractivity contribution in [3.63, 3.8) is 0 Å². The Bertz CT molecular complexity index is 4910. The second-order valence-electron chi connectivity index (χ2n) is 19.1. The van der Waals surface area contributed by atoms with E-state index in [2.05, 4.69) is 89.6 Å². The molecule has 0 aliphatic rings. The van der Waals surface area contributed by atoms with E-state index in [-0.39, 0.29) is 17.1 Å². The topological polar surface area (TPSA) is 665 Å². The quantitative estimate of drug-likeness (QED) is 0.0414. The summed E-state index contributed by atoms with van der Waals surface area (Å²) in [7, 11) is -19.5. The van der Waals surface area contributed by atoms with Crippen molar-refractivity contribution in [3.05, 3.63) is 177 Å². The maximum atomic E-state index is 12.1. The van der Waals surface area contributed by atoms with Gasteiger partial charge in [-0.25, -0.2) is 121 Å². The van der Waals surface area contributed by atoms with E-state index in [1.807, 2.05) is 187 Å². The number of nitrogens with two attached hydrogens (primary N) is 6. The summed E-state index contributed by atoms with van der Waals surface area (Å²) in [6.07, 6.45) is 10.3. The van der Waals surface area contributed by atoms with Crippen LogP contribution in [0, 0.1) is 0 Å². The normalized spacial score (nSPS) is 10.5. The summed E-state index contributed by atoms with van der Waals surface area (Å²) in [5.74, 6) is 3.56. The summed E-state index contributed by atoms with van der Waals surface area (Å²) < 4.78 is 136. The first kappa shape index (κ1) is 107. The molecule has 0 fully saturated rings. The van der Waals surface area contributed by atoms with Crippen LogP contribution in [0.4, 0.5) is 0 Å². The predicted octanol–water partition coefficient (Wildman–Crippen LogP) is 5.64. The first-order valence-electron chi connectivity index (χ1n) is 29.7. The van der Waals surface area contributed by atoms with E-state index in [1.165, 1.54) is 0 Å². The van der Waals surface area contributed by atoms with Gasteiger partial charge in [-0.15, -0.1) is 18.0 Å². The second-order valence-corrected chi connectivity index (χ2v) is 30.2. The molecule has 612 valence electrons. The number of hydrogen-bond acceptors (Lipinski definition) is 31. The summed E-state index contributed by atoms with van der Waals surface area (Å²) in [5, 5.41) is 52.9. The lowest BCUT2D eigenvalue weighted by atomic mass is 10.2. The van der Waals surface area contributed by atoms with Crippen LogP contribution < -0.4 is 48.7 Å². The minimum Gasteiger partial charge on any atom is -0.481 e. The Morgan fingerprint density at radius 2 is 0.569 bits per heavy atom. The Hall–Kier alpha value is -8.24. The highest BCUT2D eigenvalue weighted by atomic mass is 32.2. The van der Waals surface area contributed by atoms with Gasteiger partial charge in [0, 0.05) is 78.0 Å². The van der Waals surface area contributed by atoms with Crippen molar-refractivity contribution in [2.24, 2.45) is 31.6 Å². The summed E-state index contributed by atoms with van der Waals surface area (Å²) in [4.78, 5) is 71.3. The molecule has 19 N–H and O–H groups in total. The Labute approximate surface area is 640 Å². The van der Waals surface area contributed by atoms with Crippen molar-refractivity contribution in [1.29, 1.82) is 0 Å². The van der Waals surface area contributed by atoms with Gasteiger partial charge in [-0.2, -0.15) is 14.3 Å². The molecule has 0 aliphatic heterocycles. The molecule has 50 heteroatoms. The first-order valence-corrected chi connectivity index (χ1v) is 44.8. The molecule has 0 unspecified atom stereocenters. The molecule has 0 saturated heterocycles. The van der Waals surface area contributed by atoms with Crippen LogP contribution >= 0.6 is 36.1 Å². The third-order valence-electron chi connectivity index (χ3n) is 9.82. The lowest BCUT2D eigenvalue weighted by Gasteiger charge is -1.99. The average molecular weight is 1720 g/mol. The summed E-state index contributed by atoms with van der Waals surface area (Å²) in [5.41, 5.74) is 9.08. The number of carbonyl (C=O) groups is 1. The number of sulfonamides is 5. The number of aromatic nitrogens is 9. The van der Waals surface area contributed by atoms with Crippen LogP contribution in [-0.2, 0) is 93.1 Å². The minimum atomic E-state index is -3.67. The predicted molar refractivity (Wildman–Crippen MR) is 429 cm³/mol. The third kappa shape index (κ3) is 51.7. The number of H-pyrrole nitrogens is 3. The van der Waals surface area contributed by atoms with E-state index in [0.29, 0.717) is 23.2 Å². The largest absolute Gasteiger partial charge is 0.481 e. The van der Waals surface area contributed by atoms with Crippen LogP contribution in [0.1, 0.15) is 48.5 Å². The van der Waals surface area contributed by atoms with E-state index in [9.17, 15) is 64.9 Å². The second kappa shape index (κ2) is 55.2. The van der Waals surface area contributed by atoms with Gasteiger partial charge in [0.25, 0.3) is 16.1 Å². The van der Waals surface area contributed by atoms with Gasteiger partial charge in [0.05, 0.1) is 87.2 Å². The monoisotopic (exact) mass is 1710 g/mol. The zero-order valence-corrected chi connectivity index (χ0v) is 68.8. The molecule has 6 heterocycles. The molecule has 12 aromatic rings. The lowest BCUT2D eigenvalue weighted by molar-refractivity contribution is -0.432. The highest BCUT2D eigenvalue weighted by molar-refractivity contribution is 7.94. The molecule has 12 rings (SSSR count). The number of para-hydroxylation sites is 9. The number of primary sulfonamides is 5. The summed E-state index contributed by atoms with van der Waals surface area (Å²) in [6.45, 7) is 13.1. The Balaban J connectivity index is -0.000000575. The molecule has 0 radical (unpaired) electrons. The van der Waals surface area contributed by atoms with Crippen LogP contribution in [0.2, 0.25) is 0 Å². The van der Waals surface area contributed by atoms with E-state index in [0.717, 1.165) is 140 Å². The van der Waals surface area contributed by atoms with Crippen molar-refractivity contribution in [1.82, 2.24) is 43.1 Å². The van der Waals surface area contributed by atoms with E-state index in [4.69, 9.17) is 25.0 Å². The zero-order chi connectivity index (χ0) is 85.3. The van der Waals surface area contributed by atoms with E-state index >= 15 is 0 Å². The van der Waals surface area contributed by atoms with Crippen molar-refractivity contribution >= 4 is 185 Å². The first-order chi connectivity index (χ1) is 50.5. The van der Waals surface area contributed by atoms with Crippen LogP contribution in [0.15, 0.2) is 160 Å².